The molecular formula is C9H8F2N2O2S. The standard InChI is InChI=1S/C9H8F2N2O2S/c1-6(5-12)16(14,15)13-7-2-3-8(10)9(11)4-7/h2-4,6,13H,1H3. The summed E-state index contributed by atoms with van der Waals surface area (Å²) in [5.74, 6) is -2.24. The van der Waals surface area contributed by atoms with Crippen molar-refractivity contribution >= 4 is 15.7 Å². The second-order valence-electron chi connectivity index (χ2n) is 3.05. The van der Waals surface area contributed by atoms with E-state index in [4.69, 9.17) is 5.26 Å². The van der Waals surface area contributed by atoms with E-state index in [2.05, 4.69) is 0 Å². The van der Waals surface area contributed by atoms with Gasteiger partial charge in [-0.2, -0.15) is 5.26 Å². The van der Waals surface area contributed by atoms with Gasteiger partial charge in [-0.3, -0.25) is 4.72 Å². The Labute approximate surface area is 91.6 Å². The zero-order valence-corrected chi connectivity index (χ0v) is 9.05. The van der Waals surface area contributed by atoms with E-state index in [1.54, 1.807) is 0 Å². The van der Waals surface area contributed by atoms with Crippen LogP contribution in [0.3, 0.4) is 0 Å². The number of rotatable bonds is 3. The number of hydrogen-bond acceptors (Lipinski definition) is 3. The molecule has 1 unspecified atom stereocenters. The summed E-state index contributed by atoms with van der Waals surface area (Å²) < 4.78 is 50.0. The third-order valence-electron chi connectivity index (χ3n) is 1.83. The molecule has 0 saturated heterocycles. The molecule has 1 atom stereocenters. The fourth-order valence-electron chi connectivity index (χ4n) is 0.882. The van der Waals surface area contributed by atoms with Gasteiger partial charge >= 0.3 is 0 Å². The predicted molar refractivity (Wildman–Crippen MR) is 54.0 cm³/mol. The molecule has 0 fully saturated rings. The van der Waals surface area contributed by atoms with Gasteiger partial charge in [0.2, 0.25) is 10.0 Å². The second kappa shape index (κ2) is 4.45. The Morgan fingerprint density at radius 1 is 1.38 bits per heavy atom. The van der Waals surface area contributed by atoms with Crippen LogP contribution in [0.5, 0.6) is 0 Å². The predicted octanol–water partition coefficient (Wildman–Crippen LogP) is 1.62. The lowest BCUT2D eigenvalue weighted by Crippen LogP contribution is -2.23. The summed E-state index contributed by atoms with van der Waals surface area (Å²) in [6.45, 7) is 1.18. The number of hydrogen-bond donors (Lipinski definition) is 1. The molecule has 86 valence electrons. The SMILES string of the molecule is CC(C#N)S(=O)(=O)Nc1ccc(F)c(F)c1. The van der Waals surface area contributed by atoms with Crippen molar-refractivity contribution in [2.45, 2.75) is 12.2 Å². The fourth-order valence-corrected chi connectivity index (χ4v) is 1.65. The third-order valence-corrected chi connectivity index (χ3v) is 3.38. The van der Waals surface area contributed by atoms with E-state index < -0.39 is 26.9 Å². The molecule has 0 spiro atoms. The van der Waals surface area contributed by atoms with Gasteiger partial charge in [0.15, 0.2) is 16.9 Å². The summed E-state index contributed by atoms with van der Waals surface area (Å²) in [5.41, 5.74) is -0.124. The molecule has 0 saturated carbocycles. The minimum Gasteiger partial charge on any atom is -0.282 e. The zero-order chi connectivity index (χ0) is 12.3. The molecule has 1 N–H and O–H groups in total. The van der Waals surface area contributed by atoms with Crippen molar-refractivity contribution < 1.29 is 17.2 Å². The van der Waals surface area contributed by atoms with Gasteiger partial charge in [0.1, 0.15) is 0 Å². The largest absolute Gasteiger partial charge is 0.282 e. The summed E-state index contributed by atoms with van der Waals surface area (Å²) >= 11 is 0. The summed E-state index contributed by atoms with van der Waals surface area (Å²) in [4.78, 5) is 0. The molecule has 0 aliphatic rings. The molecule has 0 bridgehead atoms. The highest BCUT2D eigenvalue weighted by Gasteiger charge is 2.20. The van der Waals surface area contributed by atoms with Gasteiger partial charge in [-0.1, -0.05) is 0 Å². The van der Waals surface area contributed by atoms with Gasteiger partial charge in [0.05, 0.1) is 11.8 Å². The highest BCUT2D eigenvalue weighted by Crippen LogP contribution is 2.15. The van der Waals surface area contributed by atoms with Crippen LogP contribution in [-0.2, 0) is 10.0 Å². The van der Waals surface area contributed by atoms with Crippen LogP contribution in [-0.4, -0.2) is 13.7 Å². The first kappa shape index (κ1) is 12.4. The summed E-state index contributed by atoms with van der Waals surface area (Å²) in [5, 5.41) is 7.17. The van der Waals surface area contributed by atoms with E-state index in [0.29, 0.717) is 6.07 Å². The van der Waals surface area contributed by atoms with E-state index in [0.717, 1.165) is 12.1 Å². The molecule has 16 heavy (non-hydrogen) atoms. The maximum atomic E-state index is 12.8. The van der Waals surface area contributed by atoms with Crippen LogP contribution in [0, 0.1) is 23.0 Å². The first-order chi connectivity index (χ1) is 7.36. The van der Waals surface area contributed by atoms with Crippen molar-refractivity contribution in [3.63, 3.8) is 0 Å². The van der Waals surface area contributed by atoms with Crippen LogP contribution in [0.2, 0.25) is 0 Å². The minimum absolute atomic E-state index is 0.124. The van der Waals surface area contributed by atoms with Gasteiger partial charge in [-0.05, 0) is 19.1 Å². The lowest BCUT2D eigenvalue weighted by Gasteiger charge is -2.09. The molecule has 0 aliphatic heterocycles. The third kappa shape index (κ3) is 2.67. The number of halogens is 2. The monoisotopic (exact) mass is 246 g/mol. The molecule has 0 aromatic heterocycles. The van der Waals surface area contributed by atoms with E-state index in [1.807, 2.05) is 4.72 Å². The van der Waals surface area contributed by atoms with Crippen molar-refractivity contribution in [1.82, 2.24) is 0 Å². The Balaban J connectivity index is 2.98. The number of sulfonamides is 1. The Kier molecular flexibility index (Phi) is 3.44. The molecule has 1 rings (SSSR count). The van der Waals surface area contributed by atoms with Gasteiger partial charge < -0.3 is 0 Å². The van der Waals surface area contributed by atoms with E-state index >= 15 is 0 Å². The van der Waals surface area contributed by atoms with Gasteiger partial charge in [0.25, 0.3) is 0 Å². The molecule has 0 aliphatic carbocycles. The van der Waals surface area contributed by atoms with Crippen LogP contribution >= 0.6 is 0 Å². The molecule has 0 amide bonds. The molecule has 1 aromatic carbocycles. The average Bonchev–Trinajstić information content (AvgIpc) is 2.22. The number of nitrogens with one attached hydrogen (secondary N) is 1. The van der Waals surface area contributed by atoms with Gasteiger partial charge in [-0.25, -0.2) is 17.2 Å². The van der Waals surface area contributed by atoms with Crippen LogP contribution < -0.4 is 4.72 Å². The smallest absolute Gasteiger partial charge is 0.248 e. The number of nitriles is 1. The van der Waals surface area contributed by atoms with Gasteiger partial charge in [0, 0.05) is 6.07 Å². The first-order valence-corrected chi connectivity index (χ1v) is 5.78. The van der Waals surface area contributed by atoms with E-state index in [1.165, 1.54) is 13.0 Å². The molecule has 0 radical (unpaired) electrons. The Morgan fingerprint density at radius 3 is 2.50 bits per heavy atom. The molecule has 4 nitrogen and oxygen atoms in total. The fraction of sp³-hybridized carbons (Fsp3) is 0.222. The van der Waals surface area contributed by atoms with Crippen LogP contribution in [0.4, 0.5) is 14.5 Å². The molecule has 0 heterocycles. The maximum Gasteiger partial charge on any atom is 0.248 e. The average molecular weight is 246 g/mol. The first-order valence-electron chi connectivity index (χ1n) is 4.23. The lowest BCUT2D eigenvalue weighted by atomic mass is 10.3. The Hall–Kier alpha value is -1.68. The van der Waals surface area contributed by atoms with E-state index in [-0.39, 0.29) is 5.69 Å². The van der Waals surface area contributed by atoms with Crippen molar-refractivity contribution in [3.05, 3.63) is 29.8 Å². The number of anilines is 1. The topological polar surface area (TPSA) is 70.0 Å². The van der Waals surface area contributed by atoms with Crippen LogP contribution in [0.15, 0.2) is 18.2 Å². The normalized spacial score (nSPS) is 12.9. The van der Waals surface area contributed by atoms with E-state index in [9.17, 15) is 17.2 Å². The van der Waals surface area contributed by atoms with Gasteiger partial charge in [-0.15, -0.1) is 0 Å². The minimum atomic E-state index is -3.89. The summed E-state index contributed by atoms with van der Waals surface area (Å²) in [7, 11) is -3.89. The van der Waals surface area contributed by atoms with Crippen molar-refractivity contribution in [2.24, 2.45) is 0 Å². The van der Waals surface area contributed by atoms with Crippen molar-refractivity contribution in [1.29, 1.82) is 5.26 Å². The Bertz CT molecular complexity index is 537. The van der Waals surface area contributed by atoms with Crippen molar-refractivity contribution in [2.75, 3.05) is 4.72 Å². The Morgan fingerprint density at radius 2 is 2.00 bits per heavy atom. The zero-order valence-electron chi connectivity index (χ0n) is 8.24. The lowest BCUT2D eigenvalue weighted by molar-refractivity contribution is 0.509. The quantitative estimate of drug-likeness (QED) is 0.880. The van der Waals surface area contributed by atoms with Crippen molar-refractivity contribution in [3.8, 4) is 6.07 Å². The molecule has 1 aromatic rings. The number of nitrogens with zero attached hydrogens (tertiary/aromatic N) is 1. The maximum absolute atomic E-state index is 12.8. The highest BCUT2D eigenvalue weighted by atomic mass is 32.2. The summed E-state index contributed by atoms with van der Waals surface area (Å²) in [6, 6.07) is 4.10. The van der Waals surface area contributed by atoms with Crippen LogP contribution in [0.1, 0.15) is 6.92 Å². The molecular weight excluding hydrogens is 238 g/mol. The second-order valence-corrected chi connectivity index (χ2v) is 5.05. The highest BCUT2D eigenvalue weighted by molar-refractivity contribution is 7.93. The summed E-state index contributed by atoms with van der Waals surface area (Å²) in [6.07, 6.45) is 0. The number of benzene rings is 1. The molecule has 7 heteroatoms. The van der Waals surface area contributed by atoms with Crippen LogP contribution in [0.25, 0.3) is 0 Å².